The van der Waals surface area contributed by atoms with Gasteiger partial charge in [-0.05, 0) is 18.3 Å². The molecule has 0 aliphatic heterocycles. The lowest BCUT2D eigenvalue weighted by Gasteiger charge is -2.39. The molecule has 114 valence electrons. The number of amides is 1. The lowest BCUT2D eigenvalue weighted by Crippen LogP contribution is -2.52. The first kappa shape index (κ1) is 18.7. The van der Waals surface area contributed by atoms with E-state index in [4.69, 9.17) is 5.73 Å². The Morgan fingerprint density at radius 1 is 1.47 bits per heavy atom. The highest BCUT2D eigenvalue weighted by Gasteiger charge is 2.36. The summed E-state index contributed by atoms with van der Waals surface area (Å²) in [5.41, 5.74) is 5.47. The fourth-order valence-electron chi connectivity index (χ4n) is 2.38. The quantitative estimate of drug-likeness (QED) is 0.743. The van der Waals surface area contributed by atoms with Gasteiger partial charge in [0.1, 0.15) is 0 Å². The summed E-state index contributed by atoms with van der Waals surface area (Å²) < 4.78 is 0. The van der Waals surface area contributed by atoms with Gasteiger partial charge in [-0.25, -0.2) is 0 Å². The highest BCUT2D eigenvalue weighted by Crippen LogP contribution is 2.35. The molecule has 0 radical (unpaired) electrons. The van der Waals surface area contributed by atoms with Crippen LogP contribution in [0, 0.1) is 10.8 Å². The van der Waals surface area contributed by atoms with E-state index in [1.165, 1.54) is 0 Å². The molecule has 0 heterocycles. The Bertz CT molecular complexity index is 304. The smallest absolute Gasteiger partial charge is 0.237 e. The SMILES string of the molecule is CC1(CNC(=O)[C@@H](N)C(C)(C)C)CCCCC1O.Cl. The van der Waals surface area contributed by atoms with E-state index >= 15 is 0 Å². The number of nitrogens with two attached hydrogens (primary N) is 1. The number of carbonyl (C=O) groups is 1. The lowest BCUT2D eigenvalue weighted by molar-refractivity contribution is -0.125. The Kier molecular flexibility index (Phi) is 6.79. The van der Waals surface area contributed by atoms with Crippen LogP contribution in [0.15, 0.2) is 0 Å². The molecule has 0 aromatic rings. The van der Waals surface area contributed by atoms with Crippen LogP contribution in [0.3, 0.4) is 0 Å². The van der Waals surface area contributed by atoms with Crippen molar-refractivity contribution < 1.29 is 9.90 Å². The number of carbonyl (C=O) groups excluding carboxylic acids is 1. The first-order chi connectivity index (χ1) is 8.17. The molecule has 19 heavy (non-hydrogen) atoms. The summed E-state index contributed by atoms with van der Waals surface area (Å²) in [6.07, 6.45) is 3.66. The van der Waals surface area contributed by atoms with Crippen molar-refractivity contribution in [2.75, 3.05) is 6.54 Å². The van der Waals surface area contributed by atoms with Gasteiger partial charge in [0.05, 0.1) is 12.1 Å². The monoisotopic (exact) mass is 292 g/mol. The molecule has 2 unspecified atom stereocenters. The van der Waals surface area contributed by atoms with E-state index in [2.05, 4.69) is 5.32 Å². The molecule has 0 spiro atoms. The summed E-state index contributed by atoms with van der Waals surface area (Å²) in [5.74, 6) is -0.124. The van der Waals surface area contributed by atoms with Crippen LogP contribution >= 0.6 is 12.4 Å². The Labute approximate surface area is 122 Å². The minimum Gasteiger partial charge on any atom is -0.392 e. The van der Waals surface area contributed by atoms with E-state index in [0.29, 0.717) is 6.54 Å². The molecule has 1 amide bonds. The van der Waals surface area contributed by atoms with E-state index in [-0.39, 0.29) is 35.2 Å². The molecule has 4 nitrogen and oxygen atoms in total. The maximum Gasteiger partial charge on any atom is 0.237 e. The average molecular weight is 293 g/mol. The summed E-state index contributed by atoms with van der Waals surface area (Å²) >= 11 is 0. The summed E-state index contributed by atoms with van der Waals surface area (Å²) in [5, 5.41) is 13.0. The third-order valence-corrected chi connectivity index (χ3v) is 4.16. The van der Waals surface area contributed by atoms with Crippen LogP contribution < -0.4 is 11.1 Å². The van der Waals surface area contributed by atoms with Crippen LogP contribution in [0.1, 0.15) is 53.4 Å². The number of hydrogen-bond donors (Lipinski definition) is 3. The summed E-state index contributed by atoms with van der Waals surface area (Å²) in [7, 11) is 0. The van der Waals surface area contributed by atoms with E-state index in [1.54, 1.807) is 0 Å². The predicted molar refractivity (Wildman–Crippen MR) is 80.3 cm³/mol. The molecule has 0 saturated heterocycles. The molecule has 1 aliphatic rings. The second-order valence-electron chi connectivity index (χ2n) is 6.98. The third kappa shape index (κ3) is 4.93. The van der Waals surface area contributed by atoms with Gasteiger partial charge in [0, 0.05) is 12.0 Å². The highest BCUT2D eigenvalue weighted by molar-refractivity contribution is 5.85. The van der Waals surface area contributed by atoms with Gasteiger partial charge < -0.3 is 16.2 Å². The summed E-state index contributed by atoms with van der Waals surface area (Å²) in [6, 6.07) is -0.512. The van der Waals surface area contributed by atoms with E-state index in [9.17, 15) is 9.90 Å². The Hall–Kier alpha value is -0.320. The maximum atomic E-state index is 12.0. The van der Waals surface area contributed by atoms with Crippen LogP contribution in [0.5, 0.6) is 0 Å². The van der Waals surface area contributed by atoms with Crippen molar-refractivity contribution in [1.82, 2.24) is 5.32 Å². The molecule has 1 fully saturated rings. The van der Waals surface area contributed by atoms with E-state index < -0.39 is 6.04 Å². The van der Waals surface area contributed by atoms with Crippen LogP contribution in [0.4, 0.5) is 0 Å². The molecule has 0 aromatic carbocycles. The Morgan fingerprint density at radius 2 is 2.05 bits per heavy atom. The largest absolute Gasteiger partial charge is 0.392 e. The van der Waals surface area contributed by atoms with E-state index in [1.807, 2.05) is 27.7 Å². The molecule has 1 aliphatic carbocycles. The van der Waals surface area contributed by atoms with Crippen molar-refractivity contribution in [1.29, 1.82) is 0 Å². The van der Waals surface area contributed by atoms with Gasteiger partial charge >= 0.3 is 0 Å². The molecule has 3 atom stereocenters. The number of halogens is 1. The van der Waals surface area contributed by atoms with Gasteiger partial charge in [0.15, 0.2) is 0 Å². The van der Waals surface area contributed by atoms with Crippen molar-refractivity contribution in [3.63, 3.8) is 0 Å². The second kappa shape index (κ2) is 6.91. The third-order valence-electron chi connectivity index (χ3n) is 4.16. The van der Waals surface area contributed by atoms with Gasteiger partial charge in [0.25, 0.3) is 0 Å². The van der Waals surface area contributed by atoms with Crippen LogP contribution in [-0.4, -0.2) is 29.7 Å². The number of aliphatic hydroxyl groups is 1. The average Bonchev–Trinajstić information content (AvgIpc) is 2.28. The fraction of sp³-hybridized carbons (Fsp3) is 0.929. The first-order valence-electron chi connectivity index (χ1n) is 6.88. The van der Waals surface area contributed by atoms with Crippen molar-refractivity contribution in [2.24, 2.45) is 16.6 Å². The zero-order chi connectivity index (χ0) is 14.0. The molecule has 4 N–H and O–H groups in total. The standard InChI is InChI=1S/C14H28N2O2.ClH/c1-13(2,3)11(15)12(18)16-9-14(4)8-6-5-7-10(14)17;/h10-11,17H,5-9,15H2,1-4H3,(H,16,18);1H/t10?,11-,14?;/m1./s1. The van der Waals surface area contributed by atoms with Crippen molar-refractivity contribution in [3.05, 3.63) is 0 Å². The van der Waals surface area contributed by atoms with Gasteiger partial charge in [-0.1, -0.05) is 40.5 Å². The summed E-state index contributed by atoms with van der Waals surface area (Å²) in [6.45, 7) is 8.41. The fourth-order valence-corrected chi connectivity index (χ4v) is 2.38. The van der Waals surface area contributed by atoms with Crippen LogP contribution in [0.25, 0.3) is 0 Å². The second-order valence-corrected chi connectivity index (χ2v) is 6.98. The molecule has 1 saturated carbocycles. The zero-order valence-electron chi connectivity index (χ0n) is 12.5. The van der Waals surface area contributed by atoms with Gasteiger partial charge in [-0.15, -0.1) is 12.4 Å². The number of hydrogen-bond acceptors (Lipinski definition) is 3. The van der Waals surface area contributed by atoms with Crippen LogP contribution in [0.2, 0.25) is 0 Å². The number of rotatable bonds is 3. The Balaban J connectivity index is 0.00000324. The normalized spacial score (nSPS) is 29.3. The topological polar surface area (TPSA) is 75.4 Å². The van der Waals surface area contributed by atoms with Crippen LogP contribution in [-0.2, 0) is 4.79 Å². The van der Waals surface area contributed by atoms with Gasteiger partial charge in [0.2, 0.25) is 5.91 Å². The van der Waals surface area contributed by atoms with Gasteiger partial charge in [-0.2, -0.15) is 0 Å². The molecule has 5 heteroatoms. The minimum atomic E-state index is -0.512. The molecule has 0 aromatic heterocycles. The maximum absolute atomic E-state index is 12.0. The highest BCUT2D eigenvalue weighted by atomic mass is 35.5. The molecular formula is C14H29ClN2O2. The van der Waals surface area contributed by atoms with E-state index in [0.717, 1.165) is 25.7 Å². The Morgan fingerprint density at radius 3 is 2.53 bits per heavy atom. The first-order valence-corrected chi connectivity index (χ1v) is 6.88. The molecule has 0 bridgehead atoms. The van der Waals surface area contributed by atoms with Crippen molar-refractivity contribution >= 4 is 18.3 Å². The predicted octanol–water partition coefficient (Wildman–Crippen LogP) is 1.84. The summed E-state index contributed by atoms with van der Waals surface area (Å²) in [4.78, 5) is 12.0. The number of nitrogens with one attached hydrogen (secondary N) is 1. The minimum absolute atomic E-state index is 0. The van der Waals surface area contributed by atoms with Crippen molar-refractivity contribution in [3.8, 4) is 0 Å². The van der Waals surface area contributed by atoms with Gasteiger partial charge in [-0.3, -0.25) is 4.79 Å². The van der Waals surface area contributed by atoms with Crippen molar-refractivity contribution in [2.45, 2.75) is 65.5 Å². The number of aliphatic hydroxyl groups excluding tert-OH is 1. The lowest BCUT2D eigenvalue weighted by atomic mass is 9.73. The molecule has 1 rings (SSSR count). The molecular weight excluding hydrogens is 264 g/mol. The zero-order valence-corrected chi connectivity index (χ0v) is 13.3.